The van der Waals surface area contributed by atoms with Crippen LogP contribution in [0.25, 0.3) is 0 Å². The van der Waals surface area contributed by atoms with Crippen molar-refractivity contribution in [1.29, 1.82) is 0 Å². The molecule has 0 bridgehead atoms. The normalized spacial score (nSPS) is 18.8. The molecule has 1 amide bonds. The Balaban J connectivity index is 2.19. The van der Waals surface area contributed by atoms with Crippen LogP contribution in [-0.2, 0) is 20.6 Å². The number of rotatable bonds is 4. The Hall–Kier alpha value is -2.55. The monoisotopic (exact) mass is 397 g/mol. The van der Waals surface area contributed by atoms with Crippen molar-refractivity contribution < 1.29 is 33.3 Å². The number of methoxy groups -OCH3 is 1. The minimum Gasteiger partial charge on any atom is -0.501 e. The van der Waals surface area contributed by atoms with Crippen molar-refractivity contribution in [3.63, 3.8) is 0 Å². The summed E-state index contributed by atoms with van der Waals surface area (Å²) < 4.78 is 21.0. The second-order valence-corrected chi connectivity index (χ2v) is 8.05. The van der Waals surface area contributed by atoms with Crippen molar-refractivity contribution in [2.75, 3.05) is 13.7 Å². The molecule has 1 saturated heterocycles. The van der Waals surface area contributed by atoms with E-state index in [9.17, 15) is 19.5 Å². The quantitative estimate of drug-likeness (QED) is 0.770. The summed E-state index contributed by atoms with van der Waals surface area (Å²) in [5.41, 5.74) is -2.24. The highest BCUT2D eigenvalue weighted by molar-refractivity contribution is 5.88. The van der Waals surface area contributed by atoms with Crippen LogP contribution in [-0.4, -0.2) is 53.2 Å². The number of hydrogen-bond donors (Lipinski definition) is 1. The maximum absolute atomic E-state index is 12.6. The van der Waals surface area contributed by atoms with E-state index in [-0.39, 0.29) is 18.2 Å². The van der Waals surface area contributed by atoms with Crippen LogP contribution in [0.4, 0.5) is 4.79 Å². The molecule has 1 unspecified atom stereocenters. The minimum absolute atomic E-state index is 0.192. The third-order valence-corrected chi connectivity index (χ3v) is 4.23. The molecule has 0 aliphatic carbocycles. The third kappa shape index (κ3) is 4.83. The van der Waals surface area contributed by atoms with Crippen LogP contribution in [0, 0.1) is 0 Å². The lowest BCUT2D eigenvalue weighted by Crippen LogP contribution is -2.49. The summed E-state index contributed by atoms with van der Waals surface area (Å²) in [6, 6.07) is 0.797. The van der Waals surface area contributed by atoms with E-state index in [1.165, 1.54) is 4.90 Å². The average Bonchev–Trinajstić information content (AvgIpc) is 2.88. The minimum atomic E-state index is -0.947. The van der Waals surface area contributed by atoms with Crippen LogP contribution < -0.4 is 5.43 Å². The zero-order valence-electron chi connectivity index (χ0n) is 17.0. The van der Waals surface area contributed by atoms with Crippen LogP contribution >= 0.6 is 0 Å². The summed E-state index contributed by atoms with van der Waals surface area (Å²) >= 11 is 0. The molecule has 1 fully saturated rings. The summed E-state index contributed by atoms with van der Waals surface area (Å²) in [4.78, 5) is 37.7. The standard InChI is InChI=1S/C19H27NO8/c1-18(2,3)28-17(24)20-11(10-26-19(20,4)5)7-8-12-9-13(21)14(22)15(27-12)16(23)25-6/h9,11,22H,7-8,10H2,1-6H3. The first-order valence-corrected chi connectivity index (χ1v) is 8.96. The maximum atomic E-state index is 12.6. The van der Waals surface area contributed by atoms with E-state index in [1.807, 2.05) is 0 Å². The predicted octanol–water partition coefficient (Wildman–Crippen LogP) is 2.44. The molecule has 9 nitrogen and oxygen atoms in total. The lowest BCUT2D eigenvalue weighted by atomic mass is 10.1. The fourth-order valence-electron chi connectivity index (χ4n) is 2.97. The van der Waals surface area contributed by atoms with Gasteiger partial charge in [0.1, 0.15) is 17.1 Å². The number of carbonyl (C=O) groups excluding carboxylic acids is 2. The lowest BCUT2D eigenvalue weighted by Gasteiger charge is -2.35. The van der Waals surface area contributed by atoms with Gasteiger partial charge in [0.25, 0.3) is 5.76 Å². The third-order valence-electron chi connectivity index (χ3n) is 4.23. The van der Waals surface area contributed by atoms with Crippen molar-refractivity contribution in [2.45, 2.75) is 64.8 Å². The fourth-order valence-corrected chi connectivity index (χ4v) is 2.97. The SMILES string of the molecule is COC(=O)c1oc(CCC2COC(C)(C)N2C(=O)OC(C)(C)C)cc(=O)c1O. The largest absolute Gasteiger partial charge is 0.501 e. The number of carbonyl (C=O) groups is 2. The topological polar surface area (TPSA) is 116 Å². The Bertz CT molecular complexity index is 805. The predicted molar refractivity (Wildman–Crippen MR) is 98.2 cm³/mol. The van der Waals surface area contributed by atoms with Crippen LogP contribution in [0.5, 0.6) is 5.75 Å². The summed E-state index contributed by atoms with van der Waals surface area (Å²) in [6.45, 7) is 9.17. The molecule has 1 atom stereocenters. The zero-order valence-corrected chi connectivity index (χ0v) is 17.0. The van der Waals surface area contributed by atoms with Crippen LogP contribution in [0.15, 0.2) is 15.3 Å². The molecular formula is C19H27NO8. The second kappa shape index (κ2) is 7.83. The summed E-state index contributed by atoms with van der Waals surface area (Å²) in [5, 5.41) is 9.70. The van der Waals surface area contributed by atoms with Gasteiger partial charge in [-0.2, -0.15) is 0 Å². The van der Waals surface area contributed by atoms with Crippen molar-refractivity contribution in [2.24, 2.45) is 0 Å². The van der Waals surface area contributed by atoms with E-state index in [4.69, 9.17) is 13.9 Å². The first-order valence-electron chi connectivity index (χ1n) is 8.96. The lowest BCUT2D eigenvalue weighted by molar-refractivity contribution is -0.0627. The van der Waals surface area contributed by atoms with Crippen molar-refractivity contribution in [3.8, 4) is 5.75 Å². The van der Waals surface area contributed by atoms with Gasteiger partial charge in [-0.05, 0) is 41.0 Å². The van der Waals surface area contributed by atoms with Gasteiger partial charge < -0.3 is 23.7 Å². The molecular weight excluding hydrogens is 370 g/mol. The van der Waals surface area contributed by atoms with Gasteiger partial charge >= 0.3 is 12.1 Å². The molecule has 0 spiro atoms. The van der Waals surface area contributed by atoms with E-state index >= 15 is 0 Å². The number of aryl methyl sites for hydroxylation is 1. The summed E-state index contributed by atoms with van der Waals surface area (Å²) in [7, 11) is 1.12. The Morgan fingerprint density at radius 1 is 1.36 bits per heavy atom. The highest BCUT2D eigenvalue weighted by Crippen LogP contribution is 2.31. The Labute approximate surface area is 163 Å². The maximum Gasteiger partial charge on any atom is 0.412 e. The Morgan fingerprint density at radius 2 is 2.00 bits per heavy atom. The highest BCUT2D eigenvalue weighted by Gasteiger charge is 2.45. The van der Waals surface area contributed by atoms with Crippen molar-refractivity contribution in [1.82, 2.24) is 4.90 Å². The molecule has 1 aliphatic heterocycles. The van der Waals surface area contributed by atoms with Gasteiger partial charge in [0.05, 0.1) is 19.8 Å². The van der Waals surface area contributed by atoms with Gasteiger partial charge in [-0.1, -0.05) is 0 Å². The number of nitrogens with zero attached hydrogens (tertiary/aromatic N) is 1. The molecule has 1 aromatic rings. The molecule has 0 saturated carbocycles. The first-order chi connectivity index (χ1) is 12.9. The summed E-state index contributed by atoms with van der Waals surface area (Å²) in [5.74, 6) is -2.09. The van der Waals surface area contributed by atoms with Gasteiger partial charge in [0.2, 0.25) is 11.2 Å². The zero-order chi connectivity index (χ0) is 21.3. The number of aromatic hydroxyl groups is 1. The molecule has 1 aliphatic rings. The van der Waals surface area contributed by atoms with Crippen LogP contribution in [0.3, 0.4) is 0 Å². The molecule has 156 valence electrons. The van der Waals surface area contributed by atoms with Gasteiger partial charge in [-0.3, -0.25) is 9.69 Å². The Morgan fingerprint density at radius 3 is 2.57 bits per heavy atom. The molecule has 1 N–H and O–H groups in total. The molecule has 0 radical (unpaired) electrons. The fraction of sp³-hybridized carbons (Fsp3) is 0.632. The van der Waals surface area contributed by atoms with Crippen molar-refractivity contribution in [3.05, 3.63) is 27.8 Å². The van der Waals surface area contributed by atoms with E-state index in [0.717, 1.165) is 13.2 Å². The van der Waals surface area contributed by atoms with Crippen molar-refractivity contribution >= 4 is 12.1 Å². The van der Waals surface area contributed by atoms with E-state index in [2.05, 4.69) is 4.74 Å². The first kappa shape index (κ1) is 21.7. The van der Waals surface area contributed by atoms with Gasteiger partial charge in [-0.25, -0.2) is 9.59 Å². The van der Waals surface area contributed by atoms with Gasteiger partial charge in [0.15, 0.2) is 0 Å². The Kier molecular flexibility index (Phi) is 6.08. The molecule has 2 heterocycles. The molecule has 0 aromatic carbocycles. The van der Waals surface area contributed by atoms with E-state index in [0.29, 0.717) is 13.0 Å². The van der Waals surface area contributed by atoms with Crippen LogP contribution in [0.1, 0.15) is 57.4 Å². The molecule has 2 rings (SSSR count). The van der Waals surface area contributed by atoms with Gasteiger partial charge in [-0.15, -0.1) is 0 Å². The van der Waals surface area contributed by atoms with E-state index < -0.39 is 40.3 Å². The smallest absolute Gasteiger partial charge is 0.412 e. The van der Waals surface area contributed by atoms with Crippen LogP contribution in [0.2, 0.25) is 0 Å². The van der Waals surface area contributed by atoms with Gasteiger partial charge in [0, 0.05) is 12.5 Å². The summed E-state index contributed by atoms with van der Waals surface area (Å²) in [6.07, 6.45) is 0.141. The average molecular weight is 397 g/mol. The number of hydrogen-bond acceptors (Lipinski definition) is 8. The number of ether oxygens (including phenoxy) is 3. The highest BCUT2D eigenvalue weighted by atomic mass is 16.6. The molecule has 9 heteroatoms. The number of amides is 1. The number of esters is 1. The second-order valence-electron chi connectivity index (χ2n) is 8.05. The molecule has 28 heavy (non-hydrogen) atoms. The van der Waals surface area contributed by atoms with E-state index in [1.54, 1.807) is 34.6 Å². The molecule has 1 aromatic heterocycles.